The summed E-state index contributed by atoms with van der Waals surface area (Å²) in [6.07, 6.45) is 0. The van der Waals surface area contributed by atoms with E-state index < -0.39 is 0 Å². The maximum atomic E-state index is 5.80. The highest BCUT2D eigenvalue weighted by molar-refractivity contribution is 9.10. The van der Waals surface area contributed by atoms with E-state index in [9.17, 15) is 0 Å². The summed E-state index contributed by atoms with van der Waals surface area (Å²) in [7, 11) is 0. The van der Waals surface area contributed by atoms with Crippen LogP contribution in [0.3, 0.4) is 0 Å². The van der Waals surface area contributed by atoms with Crippen LogP contribution < -0.4 is 10.1 Å². The van der Waals surface area contributed by atoms with Crippen molar-refractivity contribution in [2.24, 2.45) is 0 Å². The van der Waals surface area contributed by atoms with Crippen LogP contribution in [0.4, 0.5) is 0 Å². The number of hydrogen-bond donors (Lipinski definition) is 1. The highest BCUT2D eigenvalue weighted by Gasteiger charge is 2.32. The molecule has 0 saturated heterocycles. The lowest BCUT2D eigenvalue weighted by atomic mass is 9.85. The van der Waals surface area contributed by atoms with Crippen molar-refractivity contribution in [1.29, 1.82) is 0 Å². The van der Waals surface area contributed by atoms with Crippen LogP contribution in [0.5, 0.6) is 5.75 Å². The zero-order valence-electron chi connectivity index (χ0n) is 12.6. The zero-order valence-corrected chi connectivity index (χ0v) is 15.0. The summed E-state index contributed by atoms with van der Waals surface area (Å²) in [5, 5.41) is 5.73. The minimum atomic E-state index is 0.0921. The van der Waals surface area contributed by atoms with Gasteiger partial charge in [-0.05, 0) is 51.6 Å². The number of rotatable bonds is 4. The Kier molecular flexibility index (Phi) is 4.12. The predicted octanol–water partition coefficient (Wildman–Crippen LogP) is 4.88. The second kappa shape index (κ2) is 5.75. The summed E-state index contributed by atoms with van der Waals surface area (Å²) >= 11 is 5.45. The van der Waals surface area contributed by atoms with Gasteiger partial charge in [0.05, 0.1) is 12.6 Å². The fourth-order valence-corrected chi connectivity index (χ4v) is 4.50. The summed E-state index contributed by atoms with van der Waals surface area (Å²) in [5.41, 5.74) is 2.71. The molecule has 1 N–H and O–H groups in total. The standard InChI is InChI=1S/C17H20BrNOS/c1-4-19-15(16-13(18)7-8-21-16)11-5-6-14-12(9-11)17(2,3)10-20-14/h5-9,15,19H,4,10H2,1-3H3. The molecule has 0 aliphatic carbocycles. The third kappa shape index (κ3) is 2.77. The lowest BCUT2D eigenvalue weighted by molar-refractivity contribution is 0.291. The average molecular weight is 366 g/mol. The Morgan fingerprint density at radius 1 is 1.38 bits per heavy atom. The highest BCUT2D eigenvalue weighted by Crippen LogP contribution is 2.41. The number of nitrogens with one attached hydrogen (secondary N) is 1. The van der Waals surface area contributed by atoms with Crippen LogP contribution in [0.15, 0.2) is 34.1 Å². The van der Waals surface area contributed by atoms with Gasteiger partial charge in [0, 0.05) is 20.3 Å². The molecular formula is C17H20BrNOS. The molecule has 1 atom stereocenters. The van der Waals surface area contributed by atoms with Gasteiger partial charge >= 0.3 is 0 Å². The Labute approximate surface area is 138 Å². The Bertz CT molecular complexity index is 650. The summed E-state index contributed by atoms with van der Waals surface area (Å²) in [6, 6.07) is 8.95. The van der Waals surface area contributed by atoms with Crippen LogP contribution in [0, 0.1) is 0 Å². The van der Waals surface area contributed by atoms with Crippen LogP contribution >= 0.6 is 27.3 Å². The second-order valence-electron chi connectivity index (χ2n) is 6.05. The van der Waals surface area contributed by atoms with Gasteiger partial charge in [0.1, 0.15) is 5.75 Å². The topological polar surface area (TPSA) is 21.3 Å². The smallest absolute Gasteiger partial charge is 0.123 e. The van der Waals surface area contributed by atoms with Crippen molar-refractivity contribution in [3.05, 3.63) is 50.1 Å². The molecule has 0 saturated carbocycles. The molecule has 0 bridgehead atoms. The molecule has 2 aromatic rings. The molecule has 2 nitrogen and oxygen atoms in total. The van der Waals surface area contributed by atoms with Crippen LogP contribution in [-0.2, 0) is 5.41 Å². The molecular weight excluding hydrogens is 346 g/mol. The maximum Gasteiger partial charge on any atom is 0.123 e. The van der Waals surface area contributed by atoms with Crippen molar-refractivity contribution in [2.75, 3.05) is 13.2 Å². The monoisotopic (exact) mass is 365 g/mol. The first-order chi connectivity index (χ1) is 10.0. The summed E-state index contributed by atoms with van der Waals surface area (Å²) in [6.45, 7) is 8.33. The zero-order chi connectivity index (χ0) is 15.0. The van der Waals surface area contributed by atoms with Crippen molar-refractivity contribution < 1.29 is 4.74 Å². The first kappa shape index (κ1) is 15.1. The van der Waals surface area contributed by atoms with Gasteiger partial charge < -0.3 is 10.1 Å². The van der Waals surface area contributed by atoms with Crippen molar-refractivity contribution in [1.82, 2.24) is 5.32 Å². The molecule has 1 unspecified atom stereocenters. The van der Waals surface area contributed by atoms with Gasteiger partial charge in [-0.3, -0.25) is 0 Å². The minimum absolute atomic E-state index is 0.0921. The molecule has 0 radical (unpaired) electrons. The Balaban J connectivity index is 2.04. The minimum Gasteiger partial charge on any atom is -0.492 e. The van der Waals surface area contributed by atoms with Gasteiger partial charge in [-0.1, -0.05) is 26.8 Å². The third-order valence-electron chi connectivity index (χ3n) is 3.97. The fourth-order valence-electron chi connectivity index (χ4n) is 2.80. The number of ether oxygens (including phenoxy) is 1. The number of thiophene rings is 1. The molecule has 1 aliphatic heterocycles. The lowest BCUT2D eigenvalue weighted by Crippen LogP contribution is -2.22. The fraction of sp³-hybridized carbons (Fsp3) is 0.412. The van der Waals surface area contributed by atoms with Crippen LogP contribution in [0.25, 0.3) is 0 Å². The largest absolute Gasteiger partial charge is 0.492 e. The first-order valence-corrected chi connectivity index (χ1v) is 8.93. The molecule has 0 amide bonds. The van der Waals surface area contributed by atoms with E-state index in [1.54, 1.807) is 11.3 Å². The van der Waals surface area contributed by atoms with Crippen molar-refractivity contribution in [2.45, 2.75) is 32.2 Å². The van der Waals surface area contributed by atoms with E-state index in [2.05, 4.69) is 71.7 Å². The number of halogens is 1. The molecule has 4 heteroatoms. The molecule has 3 rings (SSSR count). The molecule has 112 valence electrons. The molecule has 1 aromatic heterocycles. The van der Waals surface area contributed by atoms with E-state index in [0.717, 1.165) is 18.9 Å². The second-order valence-corrected chi connectivity index (χ2v) is 7.85. The maximum absolute atomic E-state index is 5.80. The molecule has 0 spiro atoms. The summed E-state index contributed by atoms with van der Waals surface area (Å²) in [4.78, 5) is 1.33. The Morgan fingerprint density at radius 2 is 2.19 bits per heavy atom. The van der Waals surface area contributed by atoms with Gasteiger partial charge in [-0.15, -0.1) is 11.3 Å². The van der Waals surface area contributed by atoms with Gasteiger partial charge in [-0.2, -0.15) is 0 Å². The molecule has 1 aromatic carbocycles. The summed E-state index contributed by atoms with van der Waals surface area (Å²) < 4.78 is 6.97. The molecule has 2 heterocycles. The normalized spacial score (nSPS) is 17.3. The van der Waals surface area contributed by atoms with E-state index in [0.29, 0.717) is 0 Å². The van der Waals surface area contributed by atoms with E-state index in [-0.39, 0.29) is 11.5 Å². The summed E-state index contributed by atoms with van der Waals surface area (Å²) in [5.74, 6) is 1.03. The average Bonchev–Trinajstić information content (AvgIpc) is 3.00. The number of fused-ring (bicyclic) bond motifs is 1. The predicted molar refractivity (Wildman–Crippen MR) is 92.5 cm³/mol. The Hall–Kier alpha value is -0.840. The van der Waals surface area contributed by atoms with Crippen LogP contribution in [-0.4, -0.2) is 13.2 Å². The molecule has 0 fully saturated rings. The molecule has 21 heavy (non-hydrogen) atoms. The number of hydrogen-bond acceptors (Lipinski definition) is 3. The van der Waals surface area contributed by atoms with Crippen LogP contribution in [0.1, 0.15) is 42.8 Å². The lowest BCUT2D eigenvalue weighted by Gasteiger charge is -2.21. The van der Waals surface area contributed by atoms with Crippen molar-refractivity contribution >= 4 is 27.3 Å². The van der Waals surface area contributed by atoms with Crippen LogP contribution in [0.2, 0.25) is 0 Å². The Morgan fingerprint density at radius 3 is 2.86 bits per heavy atom. The van der Waals surface area contributed by atoms with Gasteiger partial charge in [0.15, 0.2) is 0 Å². The molecule has 1 aliphatic rings. The third-order valence-corrected chi connectivity index (χ3v) is 5.91. The number of benzene rings is 1. The van der Waals surface area contributed by atoms with Gasteiger partial charge in [0.2, 0.25) is 0 Å². The van der Waals surface area contributed by atoms with E-state index in [4.69, 9.17) is 4.74 Å². The van der Waals surface area contributed by atoms with E-state index in [1.165, 1.54) is 20.5 Å². The van der Waals surface area contributed by atoms with E-state index in [1.807, 2.05) is 0 Å². The SMILES string of the molecule is CCNC(c1ccc2c(c1)C(C)(C)CO2)c1sccc1Br. The highest BCUT2D eigenvalue weighted by atomic mass is 79.9. The van der Waals surface area contributed by atoms with Gasteiger partial charge in [0.25, 0.3) is 0 Å². The van der Waals surface area contributed by atoms with E-state index >= 15 is 0 Å². The van der Waals surface area contributed by atoms with Gasteiger partial charge in [-0.25, -0.2) is 0 Å². The van der Waals surface area contributed by atoms with Crippen molar-refractivity contribution in [3.63, 3.8) is 0 Å². The van der Waals surface area contributed by atoms with Crippen molar-refractivity contribution in [3.8, 4) is 5.75 Å². The first-order valence-electron chi connectivity index (χ1n) is 7.26. The quantitative estimate of drug-likeness (QED) is 0.833.